The van der Waals surface area contributed by atoms with E-state index in [1.807, 2.05) is 6.07 Å². The van der Waals surface area contributed by atoms with Crippen LogP contribution in [0.3, 0.4) is 0 Å². The number of rotatable bonds is 4. The number of nitriles is 1. The first kappa shape index (κ1) is 23.1. The minimum Gasteiger partial charge on any atom is -0.443 e. The van der Waals surface area contributed by atoms with E-state index in [1.165, 1.54) is 34.9 Å². The molecule has 4 rings (SSSR count). The second kappa shape index (κ2) is 8.05. The maximum Gasteiger partial charge on any atom is 0.422 e. The number of ether oxygens (including phenoxy) is 1. The summed E-state index contributed by atoms with van der Waals surface area (Å²) in [5.41, 5.74) is 0.123. The largest absolute Gasteiger partial charge is 0.443 e. The second-order valence-corrected chi connectivity index (χ2v) is 10.0. The monoisotopic (exact) mass is 481 g/mol. The number of nitrogens with zero attached hydrogens (tertiary/aromatic N) is 3. The molecule has 0 bridgehead atoms. The number of hydrogen-bond donors (Lipinski definition) is 2. The predicted molar refractivity (Wildman–Crippen MR) is 121 cm³/mol. The van der Waals surface area contributed by atoms with E-state index in [1.54, 1.807) is 31.6 Å². The van der Waals surface area contributed by atoms with Gasteiger partial charge in [-0.25, -0.2) is 14.5 Å². The molecule has 0 saturated carbocycles. The zero-order chi connectivity index (χ0) is 24.8. The van der Waals surface area contributed by atoms with E-state index in [2.05, 4.69) is 9.71 Å². The maximum absolute atomic E-state index is 13.2. The molecule has 0 saturated heterocycles. The summed E-state index contributed by atoms with van der Waals surface area (Å²) >= 11 is 0. The number of amides is 1. The number of ketones is 1. The fraction of sp³-hybridized carbons (Fsp3) is 0.227. The van der Waals surface area contributed by atoms with E-state index in [-0.39, 0.29) is 34.4 Å². The molecule has 0 atom stereocenters. The van der Waals surface area contributed by atoms with Crippen molar-refractivity contribution in [1.29, 1.82) is 5.26 Å². The molecule has 174 valence electrons. The van der Waals surface area contributed by atoms with E-state index in [9.17, 15) is 22.8 Å². The molecular formula is C22H19N5O6S. The summed E-state index contributed by atoms with van der Waals surface area (Å²) in [5, 5.41) is 9.26. The highest BCUT2D eigenvalue weighted by atomic mass is 32.2. The molecule has 0 radical (unpaired) electrons. The molecule has 2 aromatic carbocycles. The highest BCUT2D eigenvalue weighted by Crippen LogP contribution is 2.27. The Kier molecular flexibility index (Phi) is 5.47. The van der Waals surface area contributed by atoms with Crippen molar-refractivity contribution >= 4 is 33.0 Å². The zero-order valence-corrected chi connectivity index (χ0v) is 19.2. The maximum atomic E-state index is 13.2. The molecule has 34 heavy (non-hydrogen) atoms. The third-order valence-corrected chi connectivity index (χ3v) is 5.79. The number of aromatic nitrogens is 2. The van der Waals surface area contributed by atoms with Crippen LogP contribution in [0.2, 0.25) is 0 Å². The fourth-order valence-corrected chi connectivity index (χ4v) is 4.13. The smallest absolute Gasteiger partial charge is 0.422 e. The Morgan fingerprint density at radius 1 is 1.18 bits per heavy atom. The van der Waals surface area contributed by atoms with Gasteiger partial charge in [-0.15, -0.1) is 0 Å². The third kappa shape index (κ3) is 4.39. The second-order valence-electron chi connectivity index (χ2n) is 8.53. The van der Waals surface area contributed by atoms with Crippen molar-refractivity contribution in [3.8, 4) is 11.8 Å². The number of hydrogen-bond acceptors (Lipinski definition) is 8. The summed E-state index contributed by atoms with van der Waals surface area (Å²) in [6.45, 7) is 4.56. The van der Waals surface area contributed by atoms with Gasteiger partial charge >= 0.3 is 16.3 Å². The molecule has 11 nitrogen and oxygen atoms in total. The van der Waals surface area contributed by atoms with Crippen LogP contribution in [0.25, 0.3) is 16.6 Å². The van der Waals surface area contributed by atoms with Crippen LogP contribution >= 0.6 is 0 Å². The summed E-state index contributed by atoms with van der Waals surface area (Å²) in [6, 6.07) is 10.9. The zero-order valence-electron chi connectivity index (χ0n) is 18.4. The topological polar surface area (TPSA) is 160 Å². The first-order chi connectivity index (χ1) is 15.9. The van der Waals surface area contributed by atoms with Crippen LogP contribution in [-0.4, -0.2) is 35.4 Å². The van der Waals surface area contributed by atoms with Crippen molar-refractivity contribution in [1.82, 2.24) is 19.0 Å². The molecule has 0 spiro atoms. The van der Waals surface area contributed by atoms with Gasteiger partial charge < -0.3 is 4.74 Å². The summed E-state index contributed by atoms with van der Waals surface area (Å²) in [5.74, 6) is -0.520. The van der Waals surface area contributed by atoms with Crippen LogP contribution < -0.4 is 15.0 Å². The van der Waals surface area contributed by atoms with Gasteiger partial charge in [0.05, 0.1) is 33.8 Å². The van der Waals surface area contributed by atoms with Crippen molar-refractivity contribution in [3.05, 3.63) is 69.3 Å². The number of benzene rings is 2. The van der Waals surface area contributed by atoms with Gasteiger partial charge in [0.25, 0.3) is 5.56 Å². The Balaban J connectivity index is 1.63. The van der Waals surface area contributed by atoms with Gasteiger partial charge in [-0.2, -0.15) is 18.4 Å². The summed E-state index contributed by atoms with van der Waals surface area (Å²) < 4.78 is 34.4. The molecule has 1 amide bonds. The number of carbonyl (C=O) groups excluding carboxylic acids is 2. The van der Waals surface area contributed by atoms with Gasteiger partial charge in [-0.05, 0) is 56.7 Å². The SMILES string of the molecule is CC(C)(C)OC(=O)NS(=O)(=O)NCc1ccc2nc3n(c(=O)c2c1)-c1ccc(C#N)cc1C3=O. The van der Waals surface area contributed by atoms with Gasteiger partial charge in [0.2, 0.25) is 5.78 Å². The van der Waals surface area contributed by atoms with Crippen molar-refractivity contribution < 1.29 is 22.7 Å². The lowest BCUT2D eigenvalue weighted by molar-refractivity contribution is 0.0569. The van der Waals surface area contributed by atoms with Crippen LogP contribution in [-0.2, 0) is 21.5 Å². The summed E-state index contributed by atoms with van der Waals surface area (Å²) in [4.78, 5) is 42.0. The molecule has 0 fully saturated rings. The molecule has 12 heteroatoms. The van der Waals surface area contributed by atoms with Gasteiger partial charge in [0.1, 0.15) is 5.60 Å². The minimum atomic E-state index is -4.22. The minimum absolute atomic E-state index is 0.0578. The Labute approximate surface area is 194 Å². The summed E-state index contributed by atoms with van der Waals surface area (Å²) in [7, 11) is -4.22. The molecule has 1 aliphatic rings. The standard InChI is InChI=1S/C22H19N5O6S/c1-22(2,3)33-21(30)26-34(31,32)24-11-13-4-6-16-14(9-13)20(29)27-17-7-5-12(10-23)8-15(17)18(28)19(27)25-16/h4-9,24H,11H2,1-3H3,(H,26,30). The Bertz CT molecular complexity index is 1580. The van der Waals surface area contributed by atoms with Gasteiger partial charge in [-0.1, -0.05) is 6.07 Å². The molecular weight excluding hydrogens is 462 g/mol. The first-order valence-electron chi connectivity index (χ1n) is 10.0. The lowest BCUT2D eigenvalue weighted by Gasteiger charge is -2.19. The van der Waals surface area contributed by atoms with Gasteiger partial charge in [0, 0.05) is 6.54 Å². The van der Waals surface area contributed by atoms with Gasteiger partial charge in [0.15, 0.2) is 5.82 Å². The normalized spacial score (nSPS) is 12.7. The molecule has 1 aromatic heterocycles. The van der Waals surface area contributed by atoms with Crippen molar-refractivity contribution in [2.45, 2.75) is 32.9 Å². The van der Waals surface area contributed by atoms with Crippen LogP contribution in [0, 0.1) is 11.3 Å². The Morgan fingerprint density at radius 2 is 1.91 bits per heavy atom. The van der Waals surface area contributed by atoms with E-state index < -0.39 is 33.2 Å². The quantitative estimate of drug-likeness (QED) is 0.445. The number of nitrogens with one attached hydrogen (secondary N) is 2. The van der Waals surface area contributed by atoms with Crippen molar-refractivity contribution in [2.75, 3.05) is 0 Å². The first-order valence-corrected chi connectivity index (χ1v) is 11.5. The lowest BCUT2D eigenvalue weighted by atomic mass is 10.1. The summed E-state index contributed by atoms with van der Waals surface area (Å²) in [6.07, 6.45) is -1.13. The van der Waals surface area contributed by atoms with Crippen molar-refractivity contribution in [3.63, 3.8) is 0 Å². The molecule has 2 heterocycles. The van der Waals surface area contributed by atoms with Gasteiger partial charge in [-0.3, -0.25) is 14.2 Å². The highest BCUT2D eigenvalue weighted by molar-refractivity contribution is 7.88. The van der Waals surface area contributed by atoms with Crippen molar-refractivity contribution in [2.24, 2.45) is 0 Å². The highest BCUT2D eigenvalue weighted by Gasteiger charge is 2.30. The molecule has 1 aliphatic heterocycles. The number of carbonyl (C=O) groups is 2. The lowest BCUT2D eigenvalue weighted by Crippen LogP contribution is -2.42. The fourth-order valence-electron chi connectivity index (χ4n) is 3.44. The van der Waals surface area contributed by atoms with Crippen LogP contribution in [0.5, 0.6) is 0 Å². The molecule has 3 aromatic rings. The van der Waals surface area contributed by atoms with Crippen LogP contribution in [0.4, 0.5) is 4.79 Å². The Hall–Kier alpha value is -4.08. The average Bonchev–Trinajstić information content (AvgIpc) is 3.02. The van der Waals surface area contributed by atoms with E-state index in [0.717, 1.165) is 0 Å². The predicted octanol–water partition coefficient (Wildman–Crippen LogP) is 1.66. The molecule has 0 unspecified atom stereocenters. The van der Waals surface area contributed by atoms with E-state index >= 15 is 0 Å². The van der Waals surface area contributed by atoms with Crippen LogP contribution in [0.1, 0.15) is 48.1 Å². The van der Waals surface area contributed by atoms with E-state index in [4.69, 9.17) is 10.00 Å². The van der Waals surface area contributed by atoms with Crippen LogP contribution in [0.15, 0.2) is 41.2 Å². The third-order valence-electron chi connectivity index (χ3n) is 4.83. The average molecular weight is 481 g/mol. The molecule has 2 N–H and O–H groups in total. The van der Waals surface area contributed by atoms with E-state index in [0.29, 0.717) is 11.3 Å². The molecule has 0 aliphatic carbocycles. The Morgan fingerprint density at radius 3 is 2.59 bits per heavy atom. The number of fused-ring (bicyclic) bond motifs is 4.